The van der Waals surface area contributed by atoms with Gasteiger partial charge in [0.2, 0.25) is 0 Å². The lowest BCUT2D eigenvalue weighted by Gasteiger charge is -2.30. The summed E-state index contributed by atoms with van der Waals surface area (Å²) in [4.78, 5) is 0. The molecular formula is C12H17F. The molecule has 1 heteroatoms. The van der Waals surface area contributed by atoms with Gasteiger partial charge in [-0.2, -0.15) is 0 Å². The summed E-state index contributed by atoms with van der Waals surface area (Å²) in [6.45, 7) is 9.15. The van der Waals surface area contributed by atoms with Crippen molar-refractivity contribution in [3.05, 3.63) is 35.9 Å². The molecule has 0 bridgehead atoms. The van der Waals surface area contributed by atoms with Gasteiger partial charge in [-0.25, -0.2) is 4.39 Å². The smallest absolute Gasteiger partial charge is 0.113 e. The zero-order valence-corrected chi connectivity index (χ0v) is 8.47. The van der Waals surface area contributed by atoms with Crippen LogP contribution in [0.5, 0.6) is 0 Å². The van der Waals surface area contributed by atoms with Gasteiger partial charge in [-0.3, -0.25) is 0 Å². The van der Waals surface area contributed by atoms with Gasteiger partial charge in [-0.1, -0.05) is 38.6 Å². The van der Waals surface area contributed by atoms with Gasteiger partial charge in [0, 0.05) is 11.8 Å². The van der Waals surface area contributed by atoms with E-state index >= 15 is 0 Å². The summed E-state index contributed by atoms with van der Waals surface area (Å²) in [5, 5.41) is 0. The van der Waals surface area contributed by atoms with Gasteiger partial charge in [0.25, 0.3) is 0 Å². The van der Waals surface area contributed by atoms with Gasteiger partial charge >= 0.3 is 0 Å². The summed E-state index contributed by atoms with van der Waals surface area (Å²) in [5.41, 5.74) is 1.52. The van der Waals surface area contributed by atoms with Gasteiger partial charge in [0.15, 0.2) is 0 Å². The Hall–Kier alpha value is -0.850. The van der Waals surface area contributed by atoms with E-state index < -0.39 is 6.17 Å². The van der Waals surface area contributed by atoms with Crippen LogP contribution in [0.3, 0.4) is 0 Å². The Kier molecular flexibility index (Phi) is 2.62. The van der Waals surface area contributed by atoms with Crippen LogP contribution in [0.4, 0.5) is 4.39 Å². The molecule has 0 aromatic carbocycles. The van der Waals surface area contributed by atoms with Crippen molar-refractivity contribution >= 4 is 0 Å². The summed E-state index contributed by atoms with van der Waals surface area (Å²) in [6.07, 6.45) is 2.53. The minimum absolute atomic E-state index is 0.175. The molecule has 0 nitrogen and oxygen atoms in total. The lowest BCUT2D eigenvalue weighted by atomic mass is 9.78. The zero-order valence-electron chi connectivity index (χ0n) is 9.47. The summed E-state index contributed by atoms with van der Waals surface area (Å²) in [7, 11) is 0. The number of hydrogen-bond donors (Lipinski definition) is 0. The van der Waals surface area contributed by atoms with E-state index in [0.29, 0.717) is 6.05 Å². The average molecular weight is 181 g/mol. The van der Waals surface area contributed by atoms with E-state index in [4.69, 9.17) is 1.37 Å². The van der Waals surface area contributed by atoms with E-state index in [1.807, 2.05) is 26.8 Å². The summed E-state index contributed by atoms with van der Waals surface area (Å²) >= 11 is 0. The summed E-state index contributed by atoms with van der Waals surface area (Å²) < 4.78 is 21.7. The normalized spacial score (nSPS) is 39.2. The quantitative estimate of drug-likeness (QED) is 0.579. The zero-order chi connectivity index (χ0) is 10.9. The van der Waals surface area contributed by atoms with Crippen LogP contribution < -0.4 is 0 Å². The summed E-state index contributed by atoms with van der Waals surface area (Å²) in [6, 6.07) is 0.455. The van der Waals surface area contributed by atoms with Crippen LogP contribution >= 0.6 is 0 Å². The van der Waals surface area contributed by atoms with Crippen LogP contribution in [0, 0.1) is 11.8 Å². The van der Waals surface area contributed by atoms with Crippen molar-refractivity contribution in [2.75, 3.05) is 0 Å². The molecule has 1 rings (SSSR count). The largest absolute Gasteiger partial charge is 0.246 e. The highest BCUT2D eigenvalue weighted by Gasteiger charge is 2.30. The number of hydrogen-bond acceptors (Lipinski definition) is 0. The molecule has 0 spiro atoms. The van der Waals surface area contributed by atoms with Gasteiger partial charge in [-0.05, 0) is 18.1 Å². The maximum Gasteiger partial charge on any atom is 0.113 e. The Morgan fingerprint density at radius 2 is 2.15 bits per heavy atom. The SMILES string of the molecule is [2H]C1=C(C=C)C(C)C(F)C(C)/C1=C\C. The lowest BCUT2D eigenvalue weighted by molar-refractivity contribution is 0.206. The Morgan fingerprint density at radius 3 is 2.62 bits per heavy atom. The molecule has 0 aromatic heterocycles. The van der Waals surface area contributed by atoms with E-state index in [2.05, 4.69) is 6.58 Å². The Morgan fingerprint density at radius 1 is 1.54 bits per heavy atom. The predicted molar refractivity (Wildman–Crippen MR) is 55.3 cm³/mol. The molecule has 1 aliphatic rings. The van der Waals surface area contributed by atoms with E-state index in [9.17, 15) is 4.39 Å². The highest BCUT2D eigenvalue weighted by molar-refractivity contribution is 5.37. The van der Waals surface area contributed by atoms with Crippen molar-refractivity contribution in [2.45, 2.75) is 26.9 Å². The topological polar surface area (TPSA) is 0 Å². The first kappa shape index (κ1) is 8.74. The maximum absolute atomic E-state index is 13.8. The Balaban J connectivity index is 3.26. The third kappa shape index (κ3) is 1.74. The molecule has 0 saturated carbocycles. The highest BCUT2D eigenvalue weighted by Crippen LogP contribution is 2.35. The summed E-state index contributed by atoms with van der Waals surface area (Å²) in [5.74, 6) is -0.384. The van der Waals surface area contributed by atoms with Crippen LogP contribution in [0.2, 0.25) is 0 Å². The van der Waals surface area contributed by atoms with Crippen LogP contribution in [0.25, 0.3) is 0 Å². The van der Waals surface area contributed by atoms with Crippen molar-refractivity contribution in [3.8, 4) is 0 Å². The first-order chi connectivity index (χ1) is 6.54. The lowest BCUT2D eigenvalue weighted by Crippen LogP contribution is -2.27. The van der Waals surface area contributed by atoms with Crippen molar-refractivity contribution < 1.29 is 5.76 Å². The van der Waals surface area contributed by atoms with Crippen molar-refractivity contribution in [2.24, 2.45) is 11.8 Å². The van der Waals surface area contributed by atoms with Crippen LogP contribution in [-0.4, -0.2) is 6.17 Å². The highest BCUT2D eigenvalue weighted by atomic mass is 19.1. The third-order valence-electron chi connectivity index (χ3n) is 2.76. The molecule has 0 aromatic rings. The van der Waals surface area contributed by atoms with E-state index in [-0.39, 0.29) is 11.8 Å². The average Bonchev–Trinajstić information content (AvgIpc) is 2.16. The van der Waals surface area contributed by atoms with Gasteiger partial charge in [0.1, 0.15) is 6.17 Å². The Bertz CT molecular complexity index is 301. The van der Waals surface area contributed by atoms with Crippen molar-refractivity contribution in [3.63, 3.8) is 0 Å². The molecule has 0 aliphatic heterocycles. The van der Waals surface area contributed by atoms with Crippen LogP contribution in [0.1, 0.15) is 22.1 Å². The fourth-order valence-electron chi connectivity index (χ4n) is 1.74. The first-order valence-electron chi connectivity index (χ1n) is 5.18. The van der Waals surface area contributed by atoms with Gasteiger partial charge < -0.3 is 0 Å². The fraction of sp³-hybridized carbons (Fsp3) is 0.500. The minimum atomic E-state index is -0.900. The number of alkyl halides is 1. The van der Waals surface area contributed by atoms with Crippen molar-refractivity contribution in [1.82, 2.24) is 0 Å². The van der Waals surface area contributed by atoms with Gasteiger partial charge in [0.05, 0.1) is 1.37 Å². The predicted octanol–water partition coefficient (Wildman–Crippen LogP) is 3.67. The molecule has 0 radical (unpaired) electrons. The van der Waals surface area contributed by atoms with E-state index in [1.54, 1.807) is 6.08 Å². The molecule has 0 saturated heterocycles. The van der Waals surface area contributed by atoms with Gasteiger partial charge in [-0.15, -0.1) is 0 Å². The Labute approximate surface area is 81.2 Å². The molecule has 0 fully saturated rings. The molecule has 0 N–H and O–H groups in total. The molecule has 0 heterocycles. The minimum Gasteiger partial charge on any atom is -0.246 e. The fourth-order valence-corrected chi connectivity index (χ4v) is 1.74. The number of allylic oxidation sites excluding steroid dienone is 5. The second kappa shape index (κ2) is 3.91. The second-order valence-electron chi connectivity index (χ2n) is 3.55. The maximum atomic E-state index is 13.8. The molecular weight excluding hydrogens is 163 g/mol. The molecule has 1 aliphatic carbocycles. The third-order valence-corrected chi connectivity index (χ3v) is 2.76. The second-order valence-corrected chi connectivity index (χ2v) is 3.55. The first-order valence-corrected chi connectivity index (χ1v) is 4.68. The molecule has 3 atom stereocenters. The van der Waals surface area contributed by atoms with E-state index in [1.165, 1.54) is 0 Å². The van der Waals surface area contributed by atoms with Crippen molar-refractivity contribution in [1.29, 1.82) is 0 Å². The molecule has 0 amide bonds. The standard InChI is InChI=1S/C12H17F/c1-5-10-7-11(6-2)9(4)12(13)8(10)3/h5-9,12H,1H2,2-4H3/b11-6-/i7D. The van der Waals surface area contributed by atoms with E-state index in [0.717, 1.165) is 11.1 Å². The van der Waals surface area contributed by atoms with Crippen LogP contribution in [0.15, 0.2) is 35.9 Å². The number of rotatable bonds is 1. The molecule has 72 valence electrons. The molecule has 3 unspecified atom stereocenters. The van der Waals surface area contributed by atoms with Crippen LogP contribution in [-0.2, 0) is 0 Å². The monoisotopic (exact) mass is 181 g/mol. The molecule has 13 heavy (non-hydrogen) atoms. The number of halogens is 1.